The van der Waals surface area contributed by atoms with Crippen molar-refractivity contribution < 1.29 is 23.1 Å². The van der Waals surface area contributed by atoms with Crippen LogP contribution in [0.15, 0.2) is 23.4 Å². The van der Waals surface area contributed by atoms with Gasteiger partial charge in [0.15, 0.2) is 5.84 Å². The van der Waals surface area contributed by atoms with Crippen LogP contribution in [0.2, 0.25) is 0 Å². The van der Waals surface area contributed by atoms with E-state index in [2.05, 4.69) is 5.16 Å². The number of nitrogens with zero attached hydrogens (tertiary/aromatic N) is 1. The average molecular weight is 274 g/mol. The average Bonchev–Trinajstić information content (AvgIpc) is 3.18. The lowest BCUT2D eigenvalue weighted by Gasteiger charge is -2.13. The second kappa shape index (κ2) is 4.99. The van der Waals surface area contributed by atoms with Crippen LogP contribution >= 0.6 is 0 Å². The van der Waals surface area contributed by atoms with Gasteiger partial charge in [-0.05, 0) is 37.0 Å². The summed E-state index contributed by atoms with van der Waals surface area (Å²) in [4.78, 5) is 0. The normalized spacial score (nSPS) is 16.5. The van der Waals surface area contributed by atoms with Gasteiger partial charge in [0.2, 0.25) is 0 Å². The maximum absolute atomic E-state index is 12.6. The molecule has 0 amide bonds. The summed E-state index contributed by atoms with van der Waals surface area (Å²) >= 11 is 0. The van der Waals surface area contributed by atoms with E-state index in [-0.39, 0.29) is 11.3 Å². The first-order valence-corrected chi connectivity index (χ1v) is 5.73. The van der Waals surface area contributed by atoms with Gasteiger partial charge >= 0.3 is 6.18 Å². The molecule has 0 unspecified atom stereocenters. The van der Waals surface area contributed by atoms with Crippen LogP contribution in [-0.2, 0) is 6.18 Å². The van der Waals surface area contributed by atoms with Crippen molar-refractivity contribution in [2.75, 3.05) is 6.61 Å². The summed E-state index contributed by atoms with van der Waals surface area (Å²) in [6, 6.07) is 2.92. The highest BCUT2D eigenvalue weighted by Crippen LogP contribution is 2.34. The first-order chi connectivity index (χ1) is 8.91. The van der Waals surface area contributed by atoms with Crippen molar-refractivity contribution in [3.63, 3.8) is 0 Å². The molecule has 2 rings (SSSR count). The van der Waals surface area contributed by atoms with Crippen LogP contribution in [0.1, 0.15) is 24.0 Å². The van der Waals surface area contributed by atoms with E-state index >= 15 is 0 Å². The van der Waals surface area contributed by atoms with E-state index in [0.29, 0.717) is 12.5 Å². The maximum atomic E-state index is 12.6. The molecule has 1 aliphatic rings. The molecule has 0 atom stereocenters. The Morgan fingerprint density at radius 3 is 2.63 bits per heavy atom. The zero-order chi connectivity index (χ0) is 14.0. The second-order valence-corrected chi connectivity index (χ2v) is 4.45. The van der Waals surface area contributed by atoms with Crippen molar-refractivity contribution in [1.29, 1.82) is 0 Å². The van der Waals surface area contributed by atoms with Crippen LogP contribution in [-0.4, -0.2) is 17.6 Å². The van der Waals surface area contributed by atoms with Crippen LogP contribution in [0.3, 0.4) is 0 Å². The third kappa shape index (κ3) is 3.30. The Labute approximate surface area is 107 Å². The van der Waals surface area contributed by atoms with E-state index in [1.165, 1.54) is 6.07 Å². The molecule has 4 nitrogen and oxygen atoms in total. The fourth-order valence-corrected chi connectivity index (χ4v) is 1.58. The number of ether oxygens (including phenoxy) is 1. The topological polar surface area (TPSA) is 67.8 Å². The van der Waals surface area contributed by atoms with Gasteiger partial charge in [-0.1, -0.05) is 5.16 Å². The summed E-state index contributed by atoms with van der Waals surface area (Å²) in [5.41, 5.74) is 4.46. The fraction of sp³-hybridized carbons (Fsp3) is 0.417. The number of hydrogen-bond donors (Lipinski definition) is 2. The molecule has 0 aromatic heterocycles. The van der Waals surface area contributed by atoms with Crippen molar-refractivity contribution >= 4 is 5.84 Å². The first-order valence-electron chi connectivity index (χ1n) is 5.73. The molecular weight excluding hydrogens is 261 g/mol. The molecule has 104 valence electrons. The molecule has 1 aromatic rings. The van der Waals surface area contributed by atoms with Crippen molar-refractivity contribution in [1.82, 2.24) is 0 Å². The number of nitrogens with two attached hydrogens (primary N) is 1. The van der Waals surface area contributed by atoms with Gasteiger partial charge in [-0.3, -0.25) is 0 Å². The van der Waals surface area contributed by atoms with Crippen molar-refractivity contribution in [3.05, 3.63) is 29.3 Å². The molecule has 7 heteroatoms. The third-order valence-electron chi connectivity index (χ3n) is 2.86. The van der Waals surface area contributed by atoms with Crippen LogP contribution in [0.5, 0.6) is 5.75 Å². The van der Waals surface area contributed by atoms with Gasteiger partial charge in [0.25, 0.3) is 0 Å². The number of alkyl halides is 3. The molecule has 0 heterocycles. The third-order valence-corrected chi connectivity index (χ3v) is 2.86. The molecule has 0 radical (unpaired) electrons. The van der Waals surface area contributed by atoms with Gasteiger partial charge in [-0.2, -0.15) is 13.2 Å². The zero-order valence-electron chi connectivity index (χ0n) is 9.94. The molecule has 1 fully saturated rings. The standard InChI is InChI=1S/C12H13F3N2O2/c13-12(14,15)8-3-4-10(19-6-7-1-2-7)9(5-8)11(16)17-18/h3-5,7,18H,1-2,6H2,(H2,16,17). The van der Waals surface area contributed by atoms with Crippen LogP contribution in [0, 0.1) is 5.92 Å². The summed E-state index contributed by atoms with van der Waals surface area (Å²) in [5.74, 6) is 0.231. The van der Waals surface area contributed by atoms with Gasteiger partial charge in [0, 0.05) is 0 Å². The number of benzene rings is 1. The molecule has 3 N–H and O–H groups in total. The van der Waals surface area contributed by atoms with Crippen molar-refractivity contribution in [2.24, 2.45) is 16.8 Å². The molecule has 1 saturated carbocycles. The van der Waals surface area contributed by atoms with E-state index in [4.69, 9.17) is 15.7 Å². The Balaban J connectivity index is 2.30. The number of oxime groups is 1. The lowest BCUT2D eigenvalue weighted by atomic mass is 10.1. The maximum Gasteiger partial charge on any atom is 0.416 e. The van der Waals surface area contributed by atoms with Crippen molar-refractivity contribution in [2.45, 2.75) is 19.0 Å². The zero-order valence-corrected chi connectivity index (χ0v) is 9.94. The monoisotopic (exact) mass is 274 g/mol. The number of amidine groups is 1. The van der Waals surface area contributed by atoms with Crippen LogP contribution in [0.4, 0.5) is 13.2 Å². The Morgan fingerprint density at radius 2 is 2.11 bits per heavy atom. The van der Waals surface area contributed by atoms with Gasteiger partial charge in [0.05, 0.1) is 17.7 Å². The summed E-state index contributed by atoms with van der Waals surface area (Å²) < 4.78 is 43.2. The van der Waals surface area contributed by atoms with E-state index in [1.54, 1.807) is 0 Å². The SMILES string of the molecule is N/C(=N\O)c1cc(C(F)(F)F)ccc1OCC1CC1. The number of rotatable bonds is 4. The van der Waals surface area contributed by atoms with Gasteiger partial charge in [-0.15, -0.1) is 0 Å². The van der Waals surface area contributed by atoms with Crippen molar-refractivity contribution in [3.8, 4) is 5.75 Å². The molecular formula is C12H13F3N2O2. The minimum absolute atomic E-state index is 0.0574. The van der Waals surface area contributed by atoms with Gasteiger partial charge in [-0.25, -0.2) is 0 Å². The second-order valence-electron chi connectivity index (χ2n) is 4.45. The minimum atomic E-state index is -4.49. The molecule has 0 spiro atoms. The molecule has 1 aromatic carbocycles. The largest absolute Gasteiger partial charge is 0.493 e. The highest BCUT2D eigenvalue weighted by Gasteiger charge is 2.32. The van der Waals surface area contributed by atoms with E-state index in [0.717, 1.165) is 25.0 Å². The van der Waals surface area contributed by atoms with E-state index in [1.807, 2.05) is 0 Å². The summed E-state index contributed by atoms with van der Waals surface area (Å²) in [6.45, 7) is 0.428. The Bertz CT molecular complexity index is 496. The van der Waals surface area contributed by atoms with E-state index in [9.17, 15) is 13.2 Å². The van der Waals surface area contributed by atoms with Gasteiger partial charge in [0.1, 0.15) is 5.75 Å². The molecule has 1 aliphatic carbocycles. The Kier molecular flexibility index (Phi) is 3.55. The Morgan fingerprint density at radius 1 is 1.42 bits per heavy atom. The Hall–Kier alpha value is -1.92. The lowest BCUT2D eigenvalue weighted by Crippen LogP contribution is -2.17. The number of hydrogen-bond acceptors (Lipinski definition) is 3. The summed E-state index contributed by atoms with van der Waals surface area (Å²) in [6.07, 6.45) is -2.38. The summed E-state index contributed by atoms with van der Waals surface area (Å²) in [7, 11) is 0. The quantitative estimate of drug-likeness (QED) is 0.384. The molecule has 0 aliphatic heterocycles. The highest BCUT2D eigenvalue weighted by atomic mass is 19.4. The fourth-order valence-electron chi connectivity index (χ4n) is 1.58. The minimum Gasteiger partial charge on any atom is -0.493 e. The molecule has 0 bridgehead atoms. The lowest BCUT2D eigenvalue weighted by molar-refractivity contribution is -0.137. The summed E-state index contributed by atoms with van der Waals surface area (Å²) in [5, 5.41) is 11.4. The molecule has 19 heavy (non-hydrogen) atoms. The van der Waals surface area contributed by atoms with Gasteiger partial charge < -0.3 is 15.7 Å². The molecule has 0 saturated heterocycles. The first kappa shape index (κ1) is 13.5. The highest BCUT2D eigenvalue weighted by molar-refractivity contribution is 5.99. The van der Waals surface area contributed by atoms with Crippen LogP contribution in [0.25, 0.3) is 0 Å². The predicted octanol–water partition coefficient (Wildman–Crippen LogP) is 2.59. The number of halogens is 3. The van der Waals surface area contributed by atoms with Crippen LogP contribution < -0.4 is 10.5 Å². The van der Waals surface area contributed by atoms with E-state index < -0.39 is 17.6 Å². The smallest absolute Gasteiger partial charge is 0.416 e. The predicted molar refractivity (Wildman–Crippen MR) is 62.2 cm³/mol.